The second-order valence-corrected chi connectivity index (χ2v) is 5.59. The molecule has 3 nitrogen and oxygen atoms in total. The molecule has 0 aliphatic rings. The van der Waals surface area contributed by atoms with Crippen LogP contribution in [0, 0.1) is 6.92 Å². The summed E-state index contributed by atoms with van der Waals surface area (Å²) in [7, 11) is 1.72. The first-order chi connectivity index (χ1) is 9.58. The van der Waals surface area contributed by atoms with Crippen molar-refractivity contribution in [1.29, 1.82) is 0 Å². The number of hydrogen-bond donors (Lipinski definition) is 1. The van der Waals surface area contributed by atoms with Crippen molar-refractivity contribution < 1.29 is 9.47 Å². The summed E-state index contributed by atoms with van der Waals surface area (Å²) in [5, 5.41) is 3.43. The van der Waals surface area contributed by atoms with E-state index in [9.17, 15) is 0 Å². The van der Waals surface area contributed by atoms with E-state index in [4.69, 9.17) is 9.47 Å². The third kappa shape index (κ3) is 5.51. The van der Waals surface area contributed by atoms with E-state index in [1.165, 1.54) is 11.1 Å². The molecule has 0 amide bonds. The fourth-order valence-corrected chi connectivity index (χ4v) is 2.30. The van der Waals surface area contributed by atoms with Gasteiger partial charge in [-0.2, -0.15) is 0 Å². The van der Waals surface area contributed by atoms with E-state index in [1.54, 1.807) is 7.11 Å². The smallest absolute Gasteiger partial charge is 0.119 e. The molecule has 0 aliphatic carbocycles. The van der Waals surface area contributed by atoms with Crippen molar-refractivity contribution in [2.75, 3.05) is 26.9 Å². The van der Waals surface area contributed by atoms with E-state index in [-0.39, 0.29) is 6.04 Å². The van der Waals surface area contributed by atoms with Crippen LogP contribution in [0.5, 0.6) is 5.75 Å². The van der Waals surface area contributed by atoms with Crippen LogP contribution in [0.4, 0.5) is 0 Å². The summed E-state index contributed by atoms with van der Waals surface area (Å²) in [5.74, 6) is 1.49. The van der Waals surface area contributed by atoms with Gasteiger partial charge in [0, 0.05) is 7.11 Å². The summed E-state index contributed by atoms with van der Waals surface area (Å²) < 4.78 is 11.1. The van der Waals surface area contributed by atoms with Crippen LogP contribution in [0.3, 0.4) is 0 Å². The van der Waals surface area contributed by atoms with Crippen LogP contribution in [0.25, 0.3) is 0 Å². The van der Waals surface area contributed by atoms with Crippen LogP contribution in [-0.4, -0.2) is 32.9 Å². The molecule has 1 aromatic rings. The predicted molar refractivity (Wildman–Crippen MR) is 84.7 cm³/mol. The van der Waals surface area contributed by atoms with E-state index in [0.29, 0.717) is 19.1 Å². The average molecular weight is 279 g/mol. The highest BCUT2D eigenvalue weighted by atomic mass is 16.5. The molecule has 114 valence electrons. The number of aryl methyl sites for hydroxylation is 1. The number of hydrogen-bond acceptors (Lipinski definition) is 3. The van der Waals surface area contributed by atoms with E-state index in [1.807, 2.05) is 0 Å². The summed E-state index contributed by atoms with van der Waals surface area (Å²) in [5.41, 5.74) is 2.68. The topological polar surface area (TPSA) is 30.5 Å². The Labute approximate surface area is 123 Å². The maximum atomic E-state index is 5.89. The summed E-state index contributed by atoms with van der Waals surface area (Å²) >= 11 is 0. The van der Waals surface area contributed by atoms with Gasteiger partial charge in [0.1, 0.15) is 12.4 Å². The molecule has 0 bridgehead atoms. The molecule has 0 spiro atoms. The Bertz CT molecular complexity index is 391. The Kier molecular flexibility index (Phi) is 7.63. The minimum Gasteiger partial charge on any atom is -0.492 e. The van der Waals surface area contributed by atoms with Crippen molar-refractivity contribution in [3.63, 3.8) is 0 Å². The summed E-state index contributed by atoms with van der Waals surface area (Å²) in [6, 6.07) is 6.59. The van der Waals surface area contributed by atoms with Crippen molar-refractivity contribution >= 4 is 0 Å². The highest BCUT2D eigenvalue weighted by molar-refractivity contribution is 5.36. The van der Waals surface area contributed by atoms with Crippen molar-refractivity contribution in [1.82, 2.24) is 5.32 Å². The maximum absolute atomic E-state index is 5.89. The second kappa shape index (κ2) is 8.98. The lowest BCUT2D eigenvalue weighted by molar-refractivity contribution is 0.136. The monoisotopic (exact) mass is 279 g/mol. The highest BCUT2D eigenvalue weighted by Crippen LogP contribution is 2.23. The van der Waals surface area contributed by atoms with Crippen LogP contribution < -0.4 is 10.1 Å². The zero-order valence-electron chi connectivity index (χ0n) is 13.5. The van der Waals surface area contributed by atoms with Gasteiger partial charge >= 0.3 is 0 Å². The molecule has 1 unspecified atom stereocenters. The van der Waals surface area contributed by atoms with Gasteiger partial charge in [-0.05, 0) is 49.1 Å². The summed E-state index contributed by atoms with van der Waals surface area (Å²) in [6.45, 7) is 11.0. The Morgan fingerprint density at radius 1 is 1.20 bits per heavy atom. The molecule has 0 saturated carbocycles. The van der Waals surface area contributed by atoms with Gasteiger partial charge in [0.05, 0.1) is 12.6 Å². The molecule has 0 aliphatic heterocycles. The molecule has 1 aromatic carbocycles. The SMILES string of the molecule is CCCNC(COC)COc1ccc(C(C)C)c(C)c1. The number of benzene rings is 1. The summed E-state index contributed by atoms with van der Waals surface area (Å²) in [4.78, 5) is 0. The second-order valence-electron chi connectivity index (χ2n) is 5.59. The first kappa shape index (κ1) is 17.0. The fourth-order valence-electron chi connectivity index (χ4n) is 2.30. The van der Waals surface area contributed by atoms with Crippen LogP contribution in [0.2, 0.25) is 0 Å². The molecule has 3 heteroatoms. The largest absolute Gasteiger partial charge is 0.492 e. The highest BCUT2D eigenvalue weighted by Gasteiger charge is 2.09. The lowest BCUT2D eigenvalue weighted by Gasteiger charge is -2.19. The number of rotatable bonds is 9. The van der Waals surface area contributed by atoms with Crippen molar-refractivity contribution in [2.24, 2.45) is 0 Å². The van der Waals surface area contributed by atoms with E-state index in [2.05, 4.69) is 51.2 Å². The predicted octanol–water partition coefficient (Wildman–Crippen LogP) is 3.51. The van der Waals surface area contributed by atoms with Crippen molar-refractivity contribution in [3.8, 4) is 5.75 Å². The lowest BCUT2D eigenvalue weighted by Crippen LogP contribution is -2.38. The normalized spacial score (nSPS) is 12.7. The van der Waals surface area contributed by atoms with Gasteiger partial charge in [-0.1, -0.05) is 26.8 Å². The Balaban J connectivity index is 2.56. The van der Waals surface area contributed by atoms with Gasteiger partial charge in [0.15, 0.2) is 0 Å². The zero-order chi connectivity index (χ0) is 15.0. The van der Waals surface area contributed by atoms with Crippen LogP contribution in [0.1, 0.15) is 44.2 Å². The minimum atomic E-state index is 0.241. The van der Waals surface area contributed by atoms with Crippen molar-refractivity contribution in [2.45, 2.75) is 46.1 Å². The third-order valence-electron chi connectivity index (χ3n) is 3.37. The molecule has 0 radical (unpaired) electrons. The first-order valence-electron chi connectivity index (χ1n) is 7.54. The Morgan fingerprint density at radius 3 is 2.50 bits per heavy atom. The molecule has 1 N–H and O–H groups in total. The molecule has 20 heavy (non-hydrogen) atoms. The van der Waals surface area contributed by atoms with Crippen LogP contribution >= 0.6 is 0 Å². The standard InChI is InChI=1S/C17H29NO2/c1-6-9-18-15(11-19-5)12-20-16-7-8-17(13(2)3)14(4)10-16/h7-8,10,13,15,18H,6,9,11-12H2,1-5H3. The zero-order valence-corrected chi connectivity index (χ0v) is 13.5. The maximum Gasteiger partial charge on any atom is 0.119 e. The van der Waals surface area contributed by atoms with Crippen molar-refractivity contribution in [3.05, 3.63) is 29.3 Å². The van der Waals surface area contributed by atoms with Crippen LogP contribution in [-0.2, 0) is 4.74 Å². The Morgan fingerprint density at radius 2 is 1.95 bits per heavy atom. The molecular weight excluding hydrogens is 250 g/mol. The quantitative estimate of drug-likeness (QED) is 0.750. The molecule has 0 aromatic heterocycles. The molecule has 1 rings (SSSR count). The fraction of sp³-hybridized carbons (Fsp3) is 0.647. The van der Waals surface area contributed by atoms with E-state index in [0.717, 1.165) is 18.7 Å². The van der Waals surface area contributed by atoms with Gasteiger partial charge in [-0.3, -0.25) is 0 Å². The van der Waals surface area contributed by atoms with E-state index < -0.39 is 0 Å². The number of ether oxygens (including phenoxy) is 2. The van der Waals surface area contributed by atoms with Gasteiger partial charge in [-0.25, -0.2) is 0 Å². The number of nitrogens with one attached hydrogen (secondary N) is 1. The minimum absolute atomic E-state index is 0.241. The van der Waals surface area contributed by atoms with E-state index >= 15 is 0 Å². The average Bonchev–Trinajstić information content (AvgIpc) is 2.41. The molecule has 0 fully saturated rings. The lowest BCUT2D eigenvalue weighted by atomic mass is 9.98. The van der Waals surface area contributed by atoms with Crippen LogP contribution in [0.15, 0.2) is 18.2 Å². The van der Waals surface area contributed by atoms with Gasteiger partial charge in [-0.15, -0.1) is 0 Å². The molecular formula is C17H29NO2. The molecule has 0 saturated heterocycles. The summed E-state index contributed by atoms with van der Waals surface area (Å²) in [6.07, 6.45) is 1.11. The molecule has 0 heterocycles. The first-order valence-corrected chi connectivity index (χ1v) is 7.54. The van der Waals surface area contributed by atoms with Gasteiger partial charge in [0.2, 0.25) is 0 Å². The Hall–Kier alpha value is -1.06. The third-order valence-corrected chi connectivity index (χ3v) is 3.37. The number of methoxy groups -OCH3 is 1. The van der Waals surface area contributed by atoms with Gasteiger partial charge in [0.25, 0.3) is 0 Å². The van der Waals surface area contributed by atoms with Gasteiger partial charge < -0.3 is 14.8 Å². The molecule has 1 atom stereocenters.